The summed E-state index contributed by atoms with van der Waals surface area (Å²) in [6.45, 7) is 13.9. The molecular weight excluding hydrogens is 320 g/mol. The first-order valence-corrected chi connectivity index (χ1v) is 11.2. The fourth-order valence-electron chi connectivity index (χ4n) is 3.58. The second-order valence-electron chi connectivity index (χ2n) is 7.93. The third-order valence-electron chi connectivity index (χ3n) is 4.92. The van der Waals surface area contributed by atoms with Gasteiger partial charge in [0.05, 0.1) is 0 Å². The highest BCUT2D eigenvalue weighted by atomic mass is 28.4. The largest absolute Gasteiger partial charge is 0.407 e. The minimum atomic E-state index is -2.36. The molecule has 1 nitrogen and oxygen atoms in total. The molecule has 0 amide bonds. The molecule has 2 aromatic rings. The normalized spacial score (nSPS) is 13.4. The number of benzene rings is 2. The first kappa shape index (κ1) is 19.7. The van der Waals surface area contributed by atoms with Crippen LogP contribution in [-0.4, -0.2) is 14.9 Å². The van der Waals surface area contributed by atoms with Gasteiger partial charge in [-0.2, -0.15) is 0 Å². The molecule has 134 valence electrons. The summed E-state index contributed by atoms with van der Waals surface area (Å²) in [5, 5.41) is 2.76. The molecule has 1 atom stereocenters. The molecule has 2 heteroatoms. The van der Waals surface area contributed by atoms with Gasteiger partial charge in [0.15, 0.2) is 0 Å². The Balaban J connectivity index is 2.44. The molecule has 0 radical (unpaired) electrons. The van der Waals surface area contributed by atoms with Gasteiger partial charge in [-0.25, -0.2) is 0 Å². The van der Waals surface area contributed by atoms with Crippen LogP contribution >= 0.6 is 0 Å². The number of allylic oxidation sites excluding steroid dienone is 1. The van der Waals surface area contributed by atoms with Gasteiger partial charge in [-0.3, -0.25) is 0 Å². The molecule has 0 saturated heterocycles. The highest BCUT2D eigenvalue weighted by Gasteiger charge is 2.49. The van der Waals surface area contributed by atoms with Crippen LogP contribution in [0.3, 0.4) is 0 Å². The van der Waals surface area contributed by atoms with Crippen LogP contribution in [0.4, 0.5) is 0 Å². The Morgan fingerprint density at radius 3 is 1.84 bits per heavy atom. The van der Waals surface area contributed by atoms with Gasteiger partial charge in [-0.1, -0.05) is 94.4 Å². The van der Waals surface area contributed by atoms with Crippen LogP contribution in [0.15, 0.2) is 73.3 Å². The monoisotopic (exact) mass is 352 g/mol. The Kier molecular flexibility index (Phi) is 6.80. The summed E-state index contributed by atoms with van der Waals surface area (Å²) in [4.78, 5) is 0. The molecular formula is C23H32OSi. The van der Waals surface area contributed by atoms with Crippen LogP contribution in [0.1, 0.15) is 40.5 Å². The van der Waals surface area contributed by atoms with Gasteiger partial charge in [-0.05, 0) is 34.2 Å². The summed E-state index contributed by atoms with van der Waals surface area (Å²) >= 11 is 0. The van der Waals surface area contributed by atoms with Crippen molar-refractivity contribution in [3.63, 3.8) is 0 Å². The minimum Gasteiger partial charge on any atom is -0.407 e. The zero-order chi connectivity index (χ0) is 18.3. The quantitative estimate of drug-likeness (QED) is 0.471. The van der Waals surface area contributed by atoms with Crippen LogP contribution in [0.2, 0.25) is 5.04 Å². The Morgan fingerprint density at radius 2 is 1.44 bits per heavy atom. The molecule has 0 aliphatic carbocycles. The lowest BCUT2D eigenvalue weighted by Gasteiger charge is -2.43. The zero-order valence-corrected chi connectivity index (χ0v) is 17.2. The fraction of sp³-hybridized carbons (Fsp3) is 0.391. The standard InChI is InChI=1S/C23H32OSi/c1-6-13-20(2)18-19-24-25(23(3,4)5,21-14-9-7-10-15-21)22-16-11-8-12-17-22/h6-12,14-17,20H,1,13,18-19H2,2-5H3/t20-/m0/s1. The highest BCUT2D eigenvalue weighted by Crippen LogP contribution is 2.36. The molecule has 0 fully saturated rings. The smallest absolute Gasteiger partial charge is 0.261 e. The second kappa shape index (κ2) is 8.64. The van der Waals surface area contributed by atoms with Crippen LogP contribution in [-0.2, 0) is 4.43 Å². The van der Waals surface area contributed by atoms with Crippen LogP contribution in [0, 0.1) is 5.92 Å². The maximum absolute atomic E-state index is 6.89. The van der Waals surface area contributed by atoms with E-state index in [4.69, 9.17) is 4.43 Å². The van der Waals surface area contributed by atoms with Gasteiger partial charge < -0.3 is 4.43 Å². The van der Waals surface area contributed by atoms with Gasteiger partial charge in [-0.15, -0.1) is 6.58 Å². The van der Waals surface area contributed by atoms with Gasteiger partial charge in [0, 0.05) is 6.61 Å². The van der Waals surface area contributed by atoms with Crippen molar-refractivity contribution in [2.75, 3.05) is 6.61 Å². The molecule has 2 rings (SSSR count). The van der Waals surface area contributed by atoms with Crippen LogP contribution in [0.25, 0.3) is 0 Å². The van der Waals surface area contributed by atoms with Crippen molar-refractivity contribution in [3.05, 3.63) is 73.3 Å². The number of hydrogen-bond acceptors (Lipinski definition) is 1. The van der Waals surface area contributed by atoms with Crippen molar-refractivity contribution in [2.45, 2.75) is 45.6 Å². The fourth-order valence-corrected chi connectivity index (χ4v) is 8.16. The highest BCUT2D eigenvalue weighted by molar-refractivity contribution is 6.99. The van der Waals surface area contributed by atoms with Crippen molar-refractivity contribution < 1.29 is 4.43 Å². The summed E-state index contributed by atoms with van der Waals surface area (Å²) < 4.78 is 6.89. The second-order valence-corrected chi connectivity index (χ2v) is 12.2. The van der Waals surface area contributed by atoms with E-state index >= 15 is 0 Å². The van der Waals surface area contributed by atoms with E-state index in [0.29, 0.717) is 5.92 Å². The van der Waals surface area contributed by atoms with Crippen LogP contribution < -0.4 is 10.4 Å². The molecule has 0 saturated carbocycles. The van der Waals surface area contributed by atoms with Crippen molar-refractivity contribution >= 4 is 18.7 Å². The SMILES string of the molecule is C=CC[C@H](C)CCO[Si](c1ccccc1)(c1ccccc1)C(C)(C)C. The minimum absolute atomic E-state index is 0.0530. The van der Waals surface area contributed by atoms with E-state index in [1.54, 1.807) is 0 Å². The maximum atomic E-state index is 6.89. The Morgan fingerprint density at radius 1 is 0.960 bits per heavy atom. The maximum Gasteiger partial charge on any atom is 0.261 e. The third-order valence-corrected chi connectivity index (χ3v) is 9.96. The lowest BCUT2D eigenvalue weighted by molar-refractivity contribution is 0.268. The molecule has 2 aromatic carbocycles. The lowest BCUT2D eigenvalue weighted by Crippen LogP contribution is -2.66. The predicted octanol–water partition coefficient (Wildman–Crippen LogP) is 5.17. The van der Waals surface area contributed by atoms with E-state index in [1.165, 1.54) is 10.4 Å². The molecule has 25 heavy (non-hydrogen) atoms. The molecule has 0 aromatic heterocycles. The summed E-state index contributed by atoms with van der Waals surface area (Å²) in [6, 6.07) is 21.7. The Hall–Kier alpha value is -1.64. The van der Waals surface area contributed by atoms with E-state index < -0.39 is 8.32 Å². The molecule has 0 aliphatic rings. The Bertz CT molecular complexity index is 603. The van der Waals surface area contributed by atoms with Gasteiger partial charge in [0.2, 0.25) is 0 Å². The molecule has 0 heterocycles. The summed E-state index contributed by atoms with van der Waals surface area (Å²) in [7, 11) is -2.36. The molecule has 0 aliphatic heterocycles. The van der Waals surface area contributed by atoms with E-state index in [2.05, 4.69) is 94.9 Å². The molecule has 0 unspecified atom stereocenters. The van der Waals surface area contributed by atoms with Crippen molar-refractivity contribution in [3.8, 4) is 0 Å². The summed E-state index contributed by atoms with van der Waals surface area (Å²) in [5.41, 5.74) is 0. The average Bonchev–Trinajstić information content (AvgIpc) is 2.59. The predicted molar refractivity (Wildman–Crippen MR) is 112 cm³/mol. The van der Waals surface area contributed by atoms with E-state index in [-0.39, 0.29) is 5.04 Å². The first-order valence-electron chi connectivity index (χ1n) is 9.27. The van der Waals surface area contributed by atoms with E-state index in [9.17, 15) is 0 Å². The van der Waals surface area contributed by atoms with E-state index in [1.807, 2.05) is 6.08 Å². The third kappa shape index (κ3) is 4.50. The average molecular weight is 353 g/mol. The summed E-state index contributed by atoms with van der Waals surface area (Å²) in [5.74, 6) is 0.607. The number of rotatable bonds is 8. The summed E-state index contributed by atoms with van der Waals surface area (Å²) in [6.07, 6.45) is 4.12. The van der Waals surface area contributed by atoms with Crippen molar-refractivity contribution in [1.82, 2.24) is 0 Å². The molecule has 0 bridgehead atoms. The first-order chi connectivity index (χ1) is 11.9. The van der Waals surface area contributed by atoms with Crippen molar-refractivity contribution in [2.24, 2.45) is 5.92 Å². The van der Waals surface area contributed by atoms with Crippen LogP contribution in [0.5, 0.6) is 0 Å². The topological polar surface area (TPSA) is 9.23 Å². The molecule has 0 spiro atoms. The van der Waals surface area contributed by atoms with Gasteiger partial charge in [0.1, 0.15) is 0 Å². The van der Waals surface area contributed by atoms with Crippen molar-refractivity contribution in [1.29, 1.82) is 0 Å². The number of hydrogen-bond donors (Lipinski definition) is 0. The van der Waals surface area contributed by atoms with E-state index in [0.717, 1.165) is 19.4 Å². The lowest BCUT2D eigenvalue weighted by atomic mass is 10.1. The zero-order valence-electron chi connectivity index (χ0n) is 16.2. The Labute approximate surface area is 154 Å². The molecule has 0 N–H and O–H groups in total. The van der Waals surface area contributed by atoms with Gasteiger partial charge >= 0.3 is 0 Å². The van der Waals surface area contributed by atoms with Gasteiger partial charge in [0.25, 0.3) is 8.32 Å².